The van der Waals surface area contributed by atoms with E-state index in [1.807, 2.05) is 12.1 Å². The predicted octanol–water partition coefficient (Wildman–Crippen LogP) is 0.485. The Hall–Kier alpha value is -1.13. The summed E-state index contributed by atoms with van der Waals surface area (Å²) in [6.45, 7) is 1.02. The summed E-state index contributed by atoms with van der Waals surface area (Å²) in [6.07, 6.45) is 3.58. The lowest BCUT2D eigenvalue weighted by molar-refractivity contribution is 0.379. The maximum atomic E-state index is 6.02. The van der Waals surface area contributed by atoms with Gasteiger partial charge in [-0.05, 0) is 51.2 Å². The van der Waals surface area contributed by atoms with Crippen LogP contribution in [0.1, 0.15) is 12.0 Å². The van der Waals surface area contributed by atoms with Crippen LogP contribution in [0, 0.1) is 0 Å². The standard InChI is InChI=1S/C11H20N4/c1-15(2)6-4-10(12)7-9-3-5-14-11(13)8-9/h3,5,8,10H,4,6-7,12H2,1-2H3,(H2,13,14). The Kier molecular flexibility index (Phi) is 4.52. The van der Waals surface area contributed by atoms with E-state index in [2.05, 4.69) is 24.0 Å². The highest BCUT2D eigenvalue weighted by molar-refractivity contribution is 5.32. The fourth-order valence-corrected chi connectivity index (χ4v) is 1.45. The summed E-state index contributed by atoms with van der Waals surface area (Å²) >= 11 is 0. The Morgan fingerprint density at radius 3 is 2.80 bits per heavy atom. The van der Waals surface area contributed by atoms with Gasteiger partial charge in [-0.25, -0.2) is 4.98 Å². The largest absolute Gasteiger partial charge is 0.384 e. The van der Waals surface area contributed by atoms with Gasteiger partial charge in [-0.2, -0.15) is 0 Å². The monoisotopic (exact) mass is 208 g/mol. The Balaban J connectivity index is 2.40. The minimum atomic E-state index is 0.189. The topological polar surface area (TPSA) is 68.2 Å². The van der Waals surface area contributed by atoms with Gasteiger partial charge >= 0.3 is 0 Å². The number of nitrogens with zero attached hydrogens (tertiary/aromatic N) is 2. The van der Waals surface area contributed by atoms with Gasteiger partial charge in [-0.1, -0.05) is 0 Å². The molecule has 0 amide bonds. The minimum absolute atomic E-state index is 0.189. The van der Waals surface area contributed by atoms with Crippen LogP contribution in [0.4, 0.5) is 5.82 Å². The quantitative estimate of drug-likeness (QED) is 0.738. The molecule has 1 heterocycles. The summed E-state index contributed by atoms with van der Waals surface area (Å²) in [5.41, 5.74) is 12.8. The van der Waals surface area contributed by atoms with Crippen molar-refractivity contribution in [1.82, 2.24) is 9.88 Å². The van der Waals surface area contributed by atoms with E-state index in [0.29, 0.717) is 5.82 Å². The average Bonchev–Trinajstić information content (AvgIpc) is 2.15. The molecule has 0 aromatic carbocycles. The molecule has 4 heteroatoms. The van der Waals surface area contributed by atoms with Gasteiger partial charge in [0.25, 0.3) is 0 Å². The van der Waals surface area contributed by atoms with Gasteiger partial charge in [0.2, 0.25) is 0 Å². The average molecular weight is 208 g/mol. The van der Waals surface area contributed by atoms with Crippen molar-refractivity contribution in [3.05, 3.63) is 23.9 Å². The first-order chi connectivity index (χ1) is 7.08. The lowest BCUT2D eigenvalue weighted by Crippen LogP contribution is -2.28. The van der Waals surface area contributed by atoms with E-state index in [1.54, 1.807) is 6.20 Å². The van der Waals surface area contributed by atoms with Crippen molar-refractivity contribution in [2.24, 2.45) is 5.73 Å². The Morgan fingerprint density at radius 1 is 1.47 bits per heavy atom. The summed E-state index contributed by atoms with van der Waals surface area (Å²) in [7, 11) is 4.11. The summed E-state index contributed by atoms with van der Waals surface area (Å²) in [4.78, 5) is 6.09. The SMILES string of the molecule is CN(C)CCC(N)Cc1ccnc(N)c1. The van der Waals surface area contributed by atoms with Gasteiger partial charge < -0.3 is 16.4 Å². The first-order valence-electron chi connectivity index (χ1n) is 5.18. The normalized spacial score (nSPS) is 13.1. The molecule has 84 valence electrons. The molecule has 0 aliphatic heterocycles. The fourth-order valence-electron chi connectivity index (χ4n) is 1.45. The van der Waals surface area contributed by atoms with E-state index >= 15 is 0 Å². The van der Waals surface area contributed by atoms with Gasteiger partial charge in [0.15, 0.2) is 0 Å². The summed E-state index contributed by atoms with van der Waals surface area (Å²) < 4.78 is 0. The highest BCUT2D eigenvalue weighted by Gasteiger charge is 2.05. The Morgan fingerprint density at radius 2 is 2.20 bits per heavy atom. The smallest absolute Gasteiger partial charge is 0.123 e. The highest BCUT2D eigenvalue weighted by atomic mass is 15.0. The molecule has 0 saturated heterocycles. The molecule has 0 radical (unpaired) electrons. The van der Waals surface area contributed by atoms with Crippen molar-refractivity contribution in [2.45, 2.75) is 18.9 Å². The summed E-state index contributed by atoms with van der Waals surface area (Å²) in [6, 6.07) is 4.04. The third-order valence-electron chi connectivity index (χ3n) is 2.29. The van der Waals surface area contributed by atoms with Crippen LogP contribution in [0.25, 0.3) is 0 Å². The van der Waals surface area contributed by atoms with Crippen LogP contribution in [0.2, 0.25) is 0 Å². The molecule has 0 spiro atoms. The van der Waals surface area contributed by atoms with E-state index in [9.17, 15) is 0 Å². The molecule has 0 fully saturated rings. The number of nitrogens with two attached hydrogens (primary N) is 2. The molecule has 0 aliphatic rings. The molecule has 1 aromatic rings. The third-order valence-corrected chi connectivity index (χ3v) is 2.29. The zero-order chi connectivity index (χ0) is 11.3. The molecule has 1 unspecified atom stereocenters. The maximum Gasteiger partial charge on any atom is 0.123 e. The molecule has 4 nitrogen and oxygen atoms in total. The molecule has 0 aliphatic carbocycles. The van der Waals surface area contributed by atoms with Crippen LogP contribution in [0.15, 0.2) is 18.3 Å². The number of aromatic nitrogens is 1. The number of rotatable bonds is 5. The van der Waals surface area contributed by atoms with Crippen LogP contribution < -0.4 is 11.5 Å². The summed E-state index contributed by atoms with van der Waals surface area (Å²) in [5.74, 6) is 0.562. The Bertz CT molecular complexity index is 298. The van der Waals surface area contributed by atoms with Gasteiger partial charge in [-0.3, -0.25) is 0 Å². The molecular weight excluding hydrogens is 188 g/mol. The Labute approximate surface area is 91.3 Å². The third kappa shape index (κ3) is 4.76. The van der Waals surface area contributed by atoms with Gasteiger partial charge in [-0.15, -0.1) is 0 Å². The zero-order valence-electron chi connectivity index (χ0n) is 9.48. The van der Waals surface area contributed by atoms with Crippen LogP contribution in [0.3, 0.4) is 0 Å². The van der Waals surface area contributed by atoms with Crippen molar-refractivity contribution >= 4 is 5.82 Å². The number of pyridine rings is 1. The minimum Gasteiger partial charge on any atom is -0.384 e. The van der Waals surface area contributed by atoms with Crippen LogP contribution in [0.5, 0.6) is 0 Å². The molecule has 1 atom stereocenters. The van der Waals surface area contributed by atoms with Crippen molar-refractivity contribution in [3.8, 4) is 0 Å². The summed E-state index contributed by atoms with van der Waals surface area (Å²) in [5, 5.41) is 0. The number of hydrogen-bond donors (Lipinski definition) is 2. The van der Waals surface area contributed by atoms with Crippen molar-refractivity contribution in [2.75, 3.05) is 26.4 Å². The molecule has 4 N–H and O–H groups in total. The molecule has 0 saturated carbocycles. The molecular formula is C11H20N4. The van der Waals surface area contributed by atoms with Crippen LogP contribution in [-0.4, -0.2) is 36.6 Å². The van der Waals surface area contributed by atoms with E-state index in [-0.39, 0.29) is 6.04 Å². The van der Waals surface area contributed by atoms with Gasteiger partial charge in [0, 0.05) is 12.2 Å². The zero-order valence-corrected chi connectivity index (χ0v) is 9.48. The lowest BCUT2D eigenvalue weighted by Gasteiger charge is -2.15. The highest BCUT2D eigenvalue weighted by Crippen LogP contribution is 2.07. The molecule has 1 rings (SSSR count). The molecule has 0 bridgehead atoms. The number of nitrogen functional groups attached to an aromatic ring is 1. The predicted molar refractivity (Wildman–Crippen MR) is 63.5 cm³/mol. The van der Waals surface area contributed by atoms with Crippen LogP contribution in [-0.2, 0) is 6.42 Å². The van der Waals surface area contributed by atoms with E-state index in [4.69, 9.17) is 11.5 Å². The second kappa shape index (κ2) is 5.68. The lowest BCUT2D eigenvalue weighted by atomic mass is 10.1. The van der Waals surface area contributed by atoms with Gasteiger partial charge in [0.05, 0.1) is 0 Å². The number of anilines is 1. The van der Waals surface area contributed by atoms with Crippen molar-refractivity contribution in [1.29, 1.82) is 0 Å². The number of hydrogen-bond acceptors (Lipinski definition) is 4. The van der Waals surface area contributed by atoms with Crippen molar-refractivity contribution < 1.29 is 0 Å². The van der Waals surface area contributed by atoms with E-state index < -0.39 is 0 Å². The maximum absolute atomic E-state index is 6.02. The van der Waals surface area contributed by atoms with E-state index in [1.165, 1.54) is 0 Å². The van der Waals surface area contributed by atoms with Crippen molar-refractivity contribution in [3.63, 3.8) is 0 Å². The second-order valence-electron chi connectivity index (χ2n) is 4.15. The first-order valence-corrected chi connectivity index (χ1v) is 5.18. The van der Waals surface area contributed by atoms with E-state index in [0.717, 1.165) is 24.9 Å². The molecule has 1 aromatic heterocycles. The second-order valence-corrected chi connectivity index (χ2v) is 4.15. The van der Waals surface area contributed by atoms with Crippen LogP contribution >= 0.6 is 0 Å². The van der Waals surface area contributed by atoms with Gasteiger partial charge in [0.1, 0.15) is 5.82 Å². The fraction of sp³-hybridized carbons (Fsp3) is 0.545. The molecule has 15 heavy (non-hydrogen) atoms. The first kappa shape index (κ1) is 11.9.